The normalized spacial score (nSPS) is 11.9. The number of nitrogens with zero attached hydrogens (tertiary/aromatic N) is 1. The average Bonchev–Trinajstić information content (AvgIpc) is 1.87. The highest BCUT2D eigenvalue weighted by atomic mass is 15.1. The highest BCUT2D eigenvalue weighted by Gasteiger charge is 2.06. The van der Waals surface area contributed by atoms with Gasteiger partial charge in [-0.3, -0.25) is 0 Å². The van der Waals surface area contributed by atoms with Gasteiger partial charge in [0, 0.05) is 18.6 Å². The van der Waals surface area contributed by atoms with Crippen molar-refractivity contribution in [3.63, 3.8) is 0 Å². The summed E-state index contributed by atoms with van der Waals surface area (Å²) >= 11 is 0. The van der Waals surface area contributed by atoms with E-state index in [1.54, 1.807) is 0 Å². The van der Waals surface area contributed by atoms with Gasteiger partial charge in [0.05, 0.1) is 0 Å². The van der Waals surface area contributed by atoms with Gasteiger partial charge in [-0.2, -0.15) is 0 Å². The van der Waals surface area contributed by atoms with E-state index >= 15 is 0 Å². The van der Waals surface area contributed by atoms with Gasteiger partial charge in [-0.15, -0.1) is 0 Å². The summed E-state index contributed by atoms with van der Waals surface area (Å²) in [5, 5.41) is 0. The van der Waals surface area contributed by atoms with Crippen LogP contribution in [-0.2, 0) is 0 Å². The van der Waals surface area contributed by atoms with Gasteiger partial charge in [0.25, 0.3) is 0 Å². The van der Waals surface area contributed by atoms with Crippen LogP contribution in [0.4, 0.5) is 0 Å². The molecule has 0 atom stereocenters. The highest BCUT2D eigenvalue weighted by molar-refractivity contribution is 4.86. The second kappa shape index (κ2) is 5.19. The minimum absolute atomic E-state index is 0.554. The first kappa shape index (κ1) is 10.5. The van der Waals surface area contributed by atoms with Crippen LogP contribution in [-0.4, -0.2) is 23.5 Å². The molecule has 0 unspecified atom stereocenters. The zero-order valence-corrected chi connectivity index (χ0v) is 8.04. The minimum Gasteiger partial charge on any atom is -0.373 e. The molecule has 0 rings (SSSR count). The van der Waals surface area contributed by atoms with Gasteiger partial charge in [0.1, 0.15) is 0 Å². The lowest BCUT2D eigenvalue weighted by Crippen LogP contribution is -2.32. The van der Waals surface area contributed by atoms with Gasteiger partial charge in [0.15, 0.2) is 0 Å². The third kappa shape index (κ3) is 4.04. The molecule has 0 aromatic rings. The fourth-order valence-electron chi connectivity index (χ4n) is 1.12. The van der Waals surface area contributed by atoms with Crippen LogP contribution < -0.4 is 5.73 Å². The predicted molar refractivity (Wildman–Crippen MR) is 50.3 cm³/mol. The van der Waals surface area contributed by atoms with E-state index in [2.05, 4.69) is 38.8 Å². The first-order chi connectivity index (χ1) is 5.09. The van der Waals surface area contributed by atoms with E-state index in [1.165, 1.54) is 0 Å². The molecule has 0 saturated carbocycles. The average molecular weight is 156 g/mol. The molecule has 2 nitrogen and oxygen atoms in total. The van der Waals surface area contributed by atoms with Crippen molar-refractivity contribution in [3.05, 3.63) is 12.3 Å². The van der Waals surface area contributed by atoms with E-state index in [-0.39, 0.29) is 0 Å². The van der Waals surface area contributed by atoms with Crippen molar-refractivity contribution in [2.45, 2.75) is 39.8 Å². The predicted octanol–water partition coefficient (Wildman–Crippen LogP) is 1.58. The van der Waals surface area contributed by atoms with E-state index in [0.29, 0.717) is 18.6 Å². The topological polar surface area (TPSA) is 29.3 Å². The third-order valence-corrected chi connectivity index (χ3v) is 1.61. The fourth-order valence-corrected chi connectivity index (χ4v) is 1.12. The van der Waals surface area contributed by atoms with Gasteiger partial charge in [-0.25, -0.2) is 0 Å². The Morgan fingerprint density at radius 1 is 1.18 bits per heavy atom. The summed E-state index contributed by atoms with van der Waals surface area (Å²) in [5.74, 6) is 0. The van der Waals surface area contributed by atoms with Crippen LogP contribution in [0.3, 0.4) is 0 Å². The molecular weight excluding hydrogens is 136 g/mol. The Bertz CT molecular complexity index is 109. The van der Waals surface area contributed by atoms with Crippen molar-refractivity contribution in [2.75, 3.05) is 6.54 Å². The molecule has 0 saturated heterocycles. The Morgan fingerprint density at radius 2 is 1.64 bits per heavy atom. The van der Waals surface area contributed by atoms with Crippen LogP contribution in [0.2, 0.25) is 0 Å². The molecule has 0 heterocycles. The maximum absolute atomic E-state index is 5.36. The SMILES string of the molecule is CC(C)N(C=CCN)C(C)C. The van der Waals surface area contributed by atoms with Gasteiger partial charge >= 0.3 is 0 Å². The number of hydrogen-bond acceptors (Lipinski definition) is 2. The molecule has 0 aliphatic carbocycles. The van der Waals surface area contributed by atoms with E-state index < -0.39 is 0 Å². The fraction of sp³-hybridized carbons (Fsp3) is 0.778. The molecule has 2 N–H and O–H groups in total. The molecule has 0 fully saturated rings. The summed E-state index contributed by atoms with van der Waals surface area (Å²) in [6, 6.07) is 1.11. The maximum atomic E-state index is 5.36. The number of rotatable bonds is 4. The summed E-state index contributed by atoms with van der Waals surface area (Å²) in [4.78, 5) is 2.28. The molecule has 11 heavy (non-hydrogen) atoms. The minimum atomic E-state index is 0.554. The molecule has 0 aromatic carbocycles. The van der Waals surface area contributed by atoms with Crippen LogP contribution in [0.1, 0.15) is 27.7 Å². The van der Waals surface area contributed by atoms with Crippen molar-refractivity contribution in [3.8, 4) is 0 Å². The van der Waals surface area contributed by atoms with Gasteiger partial charge < -0.3 is 10.6 Å². The zero-order valence-electron chi connectivity index (χ0n) is 8.04. The molecular formula is C9H20N2. The molecule has 0 aromatic heterocycles. The van der Waals surface area contributed by atoms with Crippen molar-refractivity contribution >= 4 is 0 Å². The number of hydrogen-bond donors (Lipinski definition) is 1. The van der Waals surface area contributed by atoms with Crippen LogP contribution >= 0.6 is 0 Å². The van der Waals surface area contributed by atoms with Crippen LogP contribution in [0.5, 0.6) is 0 Å². The maximum Gasteiger partial charge on any atom is 0.0230 e. The summed E-state index contributed by atoms with van der Waals surface area (Å²) < 4.78 is 0. The standard InChI is InChI=1S/C9H20N2/c1-8(2)11(9(3)4)7-5-6-10/h5,7-9H,6,10H2,1-4H3. The van der Waals surface area contributed by atoms with Gasteiger partial charge in [-0.05, 0) is 33.9 Å². The largest absolute Gasteiger partial charge is 0.373 e. The molecule has 0 aliphatic heterocycles. The summed E-state index contributed by atoms with van der Waals surface area (Å²) in [5.41, 5.74) is 5.36. The molecule has 0 radical (unpaired) electrons. The van der Waals surface area contributed by atoms with Gasteiger partial charge in [-0.1, -0.05) is 6.08 Å². The van der Waals surface area contributed by atoms with Crippen molar-refractivity contribution in [1.29, 1.82) is 0 Å². The molecule has 0 spiro atoms. The summed E-state index contributed by atoms with van der Waals surface area (Å²) in [7, 11) is 0. The molecule has 2 heteroatoms. The smallest absolute Gasteiger partial charge is 0.0230 e. The van der Waals surface area contributed by atoms with Crippen LogP contribution in [0.25, 0.3) is 0 Å². The van der Waals surface area contributed by atoms with Crippen LogP contribution in [0.15, 0.2) is 12.3 Å². The first-order valence-corrected chi connectivity index (χ1v) is 4.23. The molecule has 0 aliphatic rings. The number of nitrogens with two attached hydrogens (primary N) is 1. The van der Waals surface area contributed by atoms with E-state index in [9.17, 15) is 0 Å². The lowest BCUT2D eigenvalue weighted by Gasteiger charge is -2.29. The molecule has 66 valence electrons. The lowest BCUT2D eigenvalue weighted by molar-refractivity contribution is 0.255. The monoisotopic (exact) mass is 156 g/mol. The molecule has 0 amide bonds. The first-order valence-electron chi connectivity index (χ1n) is 4.23. The van der Waals surface area contributed by atoms with E-state index in [1.807, 2.05) is 6.08 Å². The summed E-state index contributed by atoms with van der Waals surface area (Å²) in [6.45, 7) is 9.35. The second-order valence-electron chi connectivity index (χ2n) is 3.26. The van der Waals surface area contributed by atoms with Crippen molar-refractivity contribution < 1.29 is 0 Å². The van der Waals surface area contributed by atoms with Crippen LogP contribution in [0, 0.1) is 0 Å². The summed E-state index contributed by atoms with van der Waals surface area (Å²) in [6.07, 6.45) is 4.06. The van der Waals surface area contributed by atoms with Crippen molar-refractivity contribution in [2.24, 2.45) is 5.73 Å². The second-order valence-corrected chi connectivity index (χ2v) is 3.26. The Morgan fingerprint density at radius 3 is 1.91 bits per heavy atom. The quantitative estimate of drug-likeness (QED) is 0.669. The van der Waals surface area contributed by atoms with E-state index in [4.69, 9.17) is 5.73 Å². The Kier molecular flexibility index (Phi) is 4.95. The molecule has 0 bridgehead atoms. The Labute approximate surface area is 70.1 Å². The van der Waals surface area contributed by atoms with Gasteiger partial charge in [0.2, 0.25) is 0 Å². The highest BCUT2D eigenvalue weighted by Crippen LogP contribution is 2.04. The Hall–Kier alpha value is -0.500. The zero-order chi connectivity index (χ0) is 8.85. The lowest BCUT2D eigenvalue weighted by atomic mass is 10.2. The van der Waals surface area contributed by atoms with E-state index in [0.717, 1.165) is 0 Å². The Balaban J connectivity index is 4.00. The van der Waals surface area contributed by atoms with Crippen molar-refractivity contribution in [1.82, 2.24) is 4.90 Å². The third-order valence-electron chi connectivity index (χ3n) is 1.61.